The van der Waals surface area contributed by atoms with Crippen molar-refractivity contribution in [3.05, 3.63) is 23.8 Å². The first kappa shape index (κ1) is 9.66. The van der Waals surface area contributed by atoms with E-state index in [1.54, 1.807) is 0 Å². The Morgan fingerprint density at radius 2 is 2.31 bits per heavy atom. The molecular formula is C12H14N2O2. The average molecular weight is 218 g/mol. The lowest BCUT2D eigenvalue weighted by molar-refractivity contribution is -0.118. The summed E-state index contributed by atoms with van der Waals surface area (Å²) in [7, 11) is 0. The minimum absolute atomic E-state index is 0.0796. The van der Waals surface area contributed by atoms with Crippen molar-refractivity contribution in [2.75, 3.05) is 18.5 Å². The molecule has 1 atom stereocenters. The second kappa shape index (κ2) is 3.79. The summed E-state index contributed by atoms with van der Waals surface area (Å²) in [6, 6.07) is 6.43. The lowest BCUT2D eigenvalue weighted by Crippen LogP contribution is -2.25. The highest BCUT2D eigenvalue weighted by atomic mass is 16.5. The Kier molecular flexibility index (Phi) is 2.29. The maximum Gasteiger partial charge on any atom is 0.262 e. The molecule has 1 aromatic carbocycles. The van der Waals surface area contributed by atoms with E-state index in [-0.39, 0.29) is 12.5 Å². The van der Waals surface area contributed by atoms with Gasteiger partial charge in [-0.05, 0) is 37.1 Å². The maximum atomic E-state index is 11.2. The van der Waals surface area contributed by atoms with E-state index in [1.165, 1.54) is 12.0 Å². The van der Waals surface area contributed by atoms with E-state index in [4.69, 9.17) is 4.74 Å². The highest BCUT2D eigenvalue weighted by Crippen LogP contribution is 2.32. The van der Waals surface area contributed by atoms with Crippen LogP contribution in [-0.2, 0) is 4.79 Å². The van der Waals surface area contributed by atoms with Gasteiger partial charge >= 0.3 is 0 Å². The molecule has 2 aliphatic heterocycles. The molecule has 4 heteroatoms. The Hall–Kier alpha value is -1.55. The Balaban J connectivity index is 1.91. The normalized spacial score (nSPS) is 23.5. The molecule has 0 bridgehead atoms. The molecule has 84 valence electrons. The van der Waals surface area contributed by atoms with Crippen LogP contribution in [0.3, 0.4) is 0 Å². The van der Waals surface area contributed by atoms with Gasteiger partial charge in [0.15, 0.2) is 6.61 Å². The van der Waals surface area contributed by atoms with Gasteiger partial charge in [0, 0.05) is 6.04 Å². The Labute approximate surface area is 94.0 Å². The summed E-state index contributed by atoms with van der Waals surface area (Å²) in [5.41, 5.74) is 2.02. The molecule has 1 fully saturated rings. The summed E-state index contributed by atoms with van der Waals surface area (Å²) in [4.78, 5) is 11.2. The van der Waals surface area contributed by atoms with Crippen molar-refractivity contribution in [1.29, 1.82) is 0 Å². The van der Waals surface area contributed by atoms with Crippen LogP contribution in [0.4, 0.5) is 5.69 Å². The Bertz CT molecular complexity index is 425. The lowest BCUT2D eigenvalue weighted by atomic mass is 10.0. The highest BCUT2D eigenvalue weighted by molar-refractivity contribution is 5.95. The van der Waals surface area contributed by atoms with Crippen LogP contribution in [0, 0.1) is 0 Å². The Morgan fingerprint density at radius 1 is 1.38 bits per heavy atom. The van der Waals surface area contributed by atoms with Crippen molar-refractivity contribution in [1.82, 2.24) is 5.32 Å². The van der Waals surface area contributed by atoms with E-state index >= 15 is 0 Å². The molecule has 0 aliphatic carbocycles. The third kappa shape index (κ3) is 1.65. The largest absolute Gasteiger partial charge is 0.482 e. The highest BCUT2D eigenvalue weighted by Gasteiger charge is 2.20. The van der Waals surface area contributed by atoms with Crippen LogP contribution >= 0.6 is 0 Å². The smallest absolute Gasteiger partial charge is 0.262 e. The number of fused-ring (bicyclic) bond motifs is 1. The van der Waals surface area contributed by atoms with Crippen molar-refractivity contribution >= 4 is 11.6 Å². The molecule has 16 heavy (non-hydrogen) atoms. The SMILES string of the molecule is O=C1COc2ccc([C@@H]3CCCN3)cc2N1. The molecular weight excluding hydrogens is 204 g/mol. The molecule has 1 amide bonds. The van der Waals surface area contributed by atoms with Gasteiger partial charge in [-0.1, -0.05) is 6.07 Å². The summed E-state index contributed by atoms with van der Waals surface area (Å²) in [6.45, 7) is 1.19. The zero-order valence-electron chi connectivity index (χ0n) is 8.95. The summed E-state index contributed by atoms with van der Waals surface area (Å²) in [5, 5.41) is 6.27. The number of benzene rings is 1. The number of carbonyl (C=O) groups excluding carboxylic acids is 1. The number of ether oxygens (including phenoxy) is 1. The summed E-state index contributed by atoms with van der Waals surface area (Å²) >= 11 is 0. The van der Waals surface area contributed by atoms with E-state index in [9.17, 15) is 4.79 Å². The van der Waals surface area contributed by atoms with Crippen LogP contribution in [0.25, 0.3) is 0 Å². The molecule has 1 saturated heterocycles. The molecule has 3 rings (SSSR count). The van der Waals surface area contributed by atoms with E-state index in [2.05, 4.69) is 16.7 Å². The molecule has 1 aromatic rings. The van der Waals surface area contributed by atoms with E-state index in [1.807, 2.05) is 12.1 Å². The minimum atomic E-state index is -0.0796. The number of anilines is 1. The molecule has 0 unspecified atom stereocenters. The van der Waals surface area contributed by atoms with E-state index < -0.39 is 0 Å². The van der Waals surface area contributed by atoms with Gasteiger partial charge in [0.1, 0.15) is 5.75 Å². The number of nitrogens with one attached hydrogen (secondary N) is 2. The minimum Gasteiger partial charge on any atom is -0.482 e. The van der Waals surface area contributed by atoms with Crippen molar-refractivity contribution in [3.8, 4) is 5.75 Å². The van der Waals surface area contributed by atoms with Gasteiger partial charge in [-0.2, -0.15) is 0 Å². The molecule has 2 heterocycles. The molecule has 4 nitrogen and oxygen atoms in total. The topological polar surface area (TPSA) is 50.4 Å². The molecule has 0 radical (unpaired) electrons. The first-order valence-electron chi connectivity index (χ1n) is 5.63. The predicted molar refractivity (Wildman–Crippen MR) is 60.5 cm³/mol. The van der Waals surface area contributed by atoms with Crippen LogP contribution in [0.1, 0.15) is 24.4 Å². The van der Waals surface area contributed by atoms with Crippen molar-refractivity contribution < 1.29 is 9.53 Å². The number of amides is 1. The van der Waals surface area contributed by atoms with Crippen molar-refractivity contribution in [2.24, 2.45) is 0 Å². The van der Waals surface area contributed by atoms with Gasteiger partial charge in [-0.15, -0.1) is 0 Å². The molecule has 0 saturated carbocycles. The van der Waals surface area contributed by atoms with Crippen LogP contribution in [0.15, 0.2) is 18.2 Å². The second-order valence-corrected chi connectivity index (χ2v) is 4.24. The number of hydrogen-bond acceptors (Lipinski definition) is 3. The van der Waals surface area contributed by atoms with Crippen LogP contribution in [0.2, 0.25) is 0 Å². The van der Waals surface area contributed by atoms with E-state index in [0.29, 0.717) is 6.04 Å². The zero-order chi connectivity index (χ0) is 11.0. The van der Waals surface area contributed by atoms with Crippen LogP contribution < -0.4 is 15.4 Å². The van der Waals surface area contributed by atoms with Gasteiger partial charge in [-0.25, -0.2) is 0 Å². The summed E-state index contributed by atoms with van der Waals surface area (Å²) < 4.78 is 5.32. The maximum absolute atomic E-state index is 11.2. The van der Waals surface area contributed by atoms with Crippen molar-refractivity contribution in [3.63, 3.8) is 0 Å². The fourth-order valence-electron chi connectivity index (χ4n) is 2.29. The lowest BCUT2D eigenvalue weighted by Gasteiger charge is -2.20. The molecule has 2 aliphatic rings. The van der Waals surface area contributed by atoms with Crippen LogP contribution in [0.5, 0.6) is 5.75 Å². The fourth-order valence-corrected chi connectivity index (χ4v) is 2.29. The van der Waals surface area contributed by atoms with Gasteiger partial charge in [0.25, 0.3) is 5.91 Å². The third-order valence-electron chi connectivity index (χ3n) is 3.10. The predicted octanol–water partition coefficient (Wildman–Crippen LogP) is 1.44. The number of rotatable bonds is 1. The second-order valence-electron chi connectivity index (χ2n) is 4.24. The third-order valence-corrected chi connectivity index (χ3v) is 3.10. The number of carbonyl (C=O) groups is 1. The van der Waals surface area contributed by atoms with Crippen LogP contribution in [-0.4, -0.2) is 19.1 Å². The Morgan fingerprint density at radius 3 is 3.12 bits per heavy atom. The molecule has 2 N–H and O–H groups in total. The fraction of sp³-hybridized carbons (Fsp3) is 0.417. The van der Waals surface area contributed by atoms with Gasteiger partial charge in [0.05, 0.1) is 5.69 Å². The number of hydrogen-bond donors (Lipinski definition) is 2. The quantitative estimate of drug-likeness (QED) is 0.750. The van der Waals surface area contributed by atoms with Gasteiger partial charge in [0.2, 0.25) is 0 Å². The van der Waals surface area contributed by atoms with Gasteiger partial charge in [-0.3, -0.25) is 4.79 Å². The van der Waals surface area contributed by atoms with E-state index in [0.717, 1.165) is 24.4 Å². The molecule has 0 spiro atoms. The first-order valence-corrected chi connectivity index (χ1v) is 5.63. The summed E-state index contributed by atoms with van der Waals surface area (Å²) in [5.74, 6) is 0.686. The average Bonchev–Trinajstić information content (AvgIpc) is 2.81. The monoisotopic (exact) mass is 218 g/mol. The zero-order valence-corrected chi connectivity index (χ0v) is 8.95. The summed E-state index contributed by atoms with van der Waals surface area (Å²) in [6.07, 6.45) is 2.37. The standard InChI is InChI=1S/C12H14N2O2/c15-12-7-16-11-4-3-8(6-10(11)14-12)9-2-1-5-13-9/h3-4,6,9,13H,1-2,5,7H2,(H,14,15)/t9-/m0/s1. The van der Waals surface area contributed by atoms with Crippen molar-refractivity contribution in [2.45, 2.75) is 18.9 Å². The molecule has 0 aromatic heterocycles. The van der Waals surface area contributed by atoms with Gasteiger partial charge < -0.3 is 15.4 Å². The first-order chi connectivity index (χ1) is 7.83.